The van der Waals surface area contributed by atoms with E-state index in [1.807, 2.05) is 0 Å². The molecule has 0 amide bonds. The fraction of sp³-hybridized carbons (Fsp3) is 1.00. The Bertz CT molecular complexity index is 227. The molecule has 1 heterocycles. The summed E-state index contributed by atoms with van der Waals surface area (Å²) in [4.78, 5) is 2.52. The summed E-state index contributed by atoms with van der Waals surface area (Å²) in [6.07, 6.45) is 6.15. The zero-order chi connectivity index (χ0) is 11.1. The molecule has 0 bridgehead atoms. The average Bonchev–Trinajstić information content (AvgIpc) is 2.59. The van der Waals surface area contributed by atoms with E-state index in [0.29, 0.717) is 11.0 Å². The summed E-state index contributed by atoms with van der Waals surface area (Å²) in [6, 6.07) is 0. The standard InChI is InChI=1S/C13H25NO/c1-12(2)5-7-13(3,8-6-12)14-9-4-11(15)10-14/h11,15H,4-10H2,1-3H3. The van der Waals surface area contributed by atoms with Gasteiger partial charge in [0.15, 0.2) is 0 Å². The molecule has 2 nitrogen and oxygen atoms in total. The van der Waals surface area contributed by atoms with Gasteiger partial charge in [-0.2, -0.15) is 0 Å². The molecule has 15 heavy (non-hydrogen) atoms. The minimum Gasteiger partial charge on any atom is -0.392 e. The van der Waals surface area contributed by atoms with Crippen molar-refractivity contribution < 1.29 is 5.11 Å². The normalized spacial score (nSPS) is 35.6. The second kappa shape index (κ2) is 3.74. The first-order valence-electron chi connectivity index (χ1n) is 6.34. The largest absolute Gasteiger partial charge is 0.392 e. The topological polar surface area (TPSA) is 23.5 Å². The third-order valence-electron chi connectivity index (χ3n) is 4.61. The highest BCUT2D eigenvalue weighted by Crippen LogP contribution is 2.43. The van der Waals surface area contributed by atoms with Gasteiger partial charge >= 0.3 is 0 Å². The summed E-state index contributed by atoms with van der Waals surface area (Å²) in [5, 5.41) is 9.61. The van der Waals surface area contributed by atoms with E-state index in [1.165, 1.54) is 25.7 Å². The molecule has 1 saturated heterocycles. The van der Waals surface area contributed by atoms with Gasteiger partial charge in [0.2, 0.25) is 0 Å². The number of hydrogen-bond acceptors (Lipinski definition) is 2. The monoisotopic (exact) mass is 211 g/mol. The summed E-state index contributed by atoms with van der Waals surface area (Å²) < 4.78 is 0. The lowest BCUT2D eigenvalue weighted by atomic mass is 9.69. The van der Waals surface area contributed by atoms with Crippen LogP contribution in [0.1, 0.15) is 52.9 Å². The number of β-amino-alcohol motifs (C(OH)–C–C–N with tert-alkyl or cyclic N) is 1. The third-order valence-corrected chi connectivity index (χ3v) is 4.61. The summed E-state index contributed by atoms with van der Waals surface area (Å²) >= 11 is 0. The fourth-order valence-corrected chi connectivity index (χ4v) is 3.01. The molecule has 2 heteroatoms. The summed E-state index contributed by atoms with van der Waals surface area (Å²) in [5.74, 6) is 0. The average molecular weight is 211 g/mol. The van der Waals surface area contributed by atoms with Crippen molar-refractivity contribution in [2.45, 2.75) is 64.5 Å². The van der Waals surface area contributed by atoms with Crippen LogP contribution in [0.4, 0.5) is 0 Å². The van der Waals surface area contributed by atoms with Gasteiger partial charge in [0.1, 0.15) is 0 Å². The van der Waals surface area contributed by atoms with Crippen LogP contribution in [0, 0.1) is 5.41 Å². The molecule has 0 aromatic rings. The second-order valence-electron chi connectivity index (χ2n) is 6.55. The second-order valence-corrected chi connectivity index (χ2v) is 6.55. The third kappa shape index (κ3) is 2.36. The van der Waals surface area contributed by atoms with E-state index in [9.17, 15) is 5.11 Å². The zero-order valence-corrected chi connectivity index (χ0v) is 10.4. The van der Waals surface area contributed by atoms with Crippen molar-refractivity contribution in [3.05, 3.63) is 0 Å². The molecule has 1 N–H and O–H groups in total. The van der Waals surface area contributed by atoms with Gasteiger partial charge < -0.3 is 5.11 Å². The van der Waals surface area contributed by atoms with Gasteiger partial charge in [-0.05, 0) is 44.4 Å². The van der Waals surface area contributed by atoms with E-state index in [0.717, 1.165) is 19.5 Å². The Labute approximate surface area is 93.7 Å². The molecule has 0 aromatic heterocycles. The zero-order valence-electron chi connectivity index (χ0n) is 10.4. The summed E-state index contributed by atoms with van der Waals surface area (Å²) in [6.45, 7) is 9.14. The van der Waals surface area contributed by atoms with Crippen LogP contribution >= 0.6 is 0 Å². The van der Waals surface area contributed by atoms with E-state index >= 15 is 0 Å². The molecule has 88 valence electrons. The number of hydrogen-bond donors (Lipinski definition) is 1. The molecular formula is C13H25NO. The van der Waals surface area contributed by atoms with E-state index in [4.69, 9.17) is 0 Å². The lowest BCUT2D eigenvalue weighted by Gasteiger charge is -2.46. The molecule has 0 radical (unpaired) electrons. The first-order chi connectivity index (χ1) is 6.91. The van der Waals surface area contributed by atoms with Gasteiger partial charge in [-0.15, -0.1) is 0 Å². The molecule has 0 aromatic carbocycles. The SMILES string of the molecule is CC1(C)CCC(C)(N2CCC(O)C2)CC1. The Morgan fingerprint density at radius 1 is 1.07 bits per heavy atom. The molecule has 2 rings (SSSR count). The molecule has 1 saturated carbocycles. The first-order valence-corrected chi connectivity index (χ1v) is 6.34. The van der Waals surface area contributed by atoms with Crippen molar-refractivity contribution in [2.75, 3.05) is 13.1 Å². The van der Waals surface area contributed by atoms with Crippen LogP contribution in [-0.4, -0.2) is 34.7 Å². The van der Waals surface area contributed by atoms with Crippen LogP contribution in [0.15, 0.2) is 0 Å². The van der Waals surface area contributed by atoms with Gasteiger partial charge in [0.25, 0.3) is 0 Å². The molecule has 2 aliphatic rings. The van der Waals surface area contributed by atoms with Gasteiger partial charge in [0.05, 0.1) is 6.10 Å². The highest BCUT2D eigenvalue weighted by Gasteiger charge is 2.41. The van der Waals surface area contributed by atoms with E-state index in [2.05, 4.69) is 25.7 Å². The highest BCUT2D eigenvalue weighted by molar-refractivity contribution is 4.96. The first kappa shape index (κ1) is 11.4. The number of aliphatic hydroxyl groups is 1. The Morgan fingerprint density at radius 3 is 2.13 bits per heavy atom. The quantitative estimate of drug-likeness (QED) is 0.720. The predicted molar refractivity (Wildman–Crippen MR) is 62.9 cm³/mol. The Kier molecular flexibility index (Phi) is 2.85. The fourth-order valence-electron chi connectivity index (χ4n) is 3.01. The van der Waals surface area contributed by atoms with Crippen molar-refractivity contribution in [3.8, 4) is 0 Å². The summed E-state index contributed by atoms with van der Waals surface area (Å²) in [5.41, 5.74) is 0.908. The maximum Gasteiger partial charge on any atom is 0.0679 e. The van der Waals surface area contributed by atoms with Crippen molar-refractivity contribution >= 4 is 0 Å². The van der Waals surface area contributed by atoms with Crippen LogP contribution in [-0.2, 0) is 0 Å². The smallest absolute Gasteiger partial charge is 0.0679 e. The van der Waals surface area contributed by atoms with Gasteiger partial charge in [0, 0.05) is 18.6 Å². The van der Waals surface area contributed by atoms with Crippen molar-refractivity contribution in [3.63, 3.8) is 0 Å². The Morgan fingerprint density at radius 2 is 1.67 bits per heavy atom. The number of nitrogens with zero attached hydrogens (tertiary/aromatic N) is 1. The van der Waals surface area contributed by atoms with Gasteiger partial charge in [-0.25, -0.2) is 0 Å². The maximum atomic E-state index is 9.61. The predicted octanol–water partition coefficient (Wildman–Crippen LogP) is 2.41. The number of rotatable bonds is 1. The Balaban J connectivity index is 1.97. The highest BCUT2D eigenvalue weighted by atomic mass is 16.3. The molecule has 1 aliphatic heterocycles. The molecule has 1 unspecified atom stereocenters. The van der Waals surface area contributed by atoms with Crippen molar-refractivity contribution in [1.29, 1.82) is 0 Å². The van der Waals surface area contributed by atoms with E-state index in [-0.39, 0.29) is 6.10 Å². The molecule has 1 aliphatic carbocycles. The van der Waals surface area contributed by atoms with Crippen molar-refractivity contribution in [1.82, 2.24) is 4.90 Å². The minimum absolute atomic E-state index is 0.0724. The van der Waals surface area contributed by atoms with E-state index < -0.39 is 0 Å². The Hall–Kier alpha value is -0.0800. The van der Waals surface area contributed by atoms with Crippen LogP contribution < -0.4 is 0 Å². The van der Waals surface area contributed by atoms with E-state index in [1.54, 1.807) is 0 Å². The number of aliphatic hydroxyl groups excluding tert-OH is 1. The molecule has 0 spiro atoms. The van der Waals surface area contributed by atoms with Crippen LogP contribution in [0.3, 0.4) is 0 Å². The van der Waals surface area contributed by atoms with Crippen molar-refractivity contribution in [2.24, 2.45) is 5.41 Å². The maximum absolute atomic E-state index is 9.61. The lowest BCUT2D eigenvalue weighted by molar-refractivity contribution is 0.0379. The number of likely N-dealkylation sites (tertiary alicyclic amines) is 1. The molecule has 2 fully saturated rings. The van der Waals surface area contributed by atoms with Gasteiger partial charge in [-0.3, -0.25) is 4.90 Å². The van der Waals surface area contributed by atoms with Crippen LogP contribution in [0.2, 0.25) is 0 Å². The van der Waals surface area contributed by atoms with Crippen LogP contribution in [0.5, 0.6) is 0 Å². The summed E-state index contributed by atoms with van der Waals surface area (Å²) in [7, 11) is 0. The van der Waals surface area contributed by atoms with Crippen LogP contribution in [0.25, 0.3) is 0 Å². The molecule has 1 atom stereocenters. The molecular weight excluding hydrogens is 186 g/mol. The van der Waals surface area contributed by atoms with Gasteiger partial charge in [-0.1, -0.05) is 13.8 Å². The minimum atomic E-state index is -0.0724. The lowest BCUT2D eigenvalue weighted by Crippen LogP contribution is -2.48.